The lowest BCUT2D eigenvalue weighted by Crippen LogP contribution is -2.11. The molecule has 3 rings (SSSR count). The average molecular weight is 164 g/mol. The molecule has 3 aliphatic carbocycles. The predicted molar refractivity (Wildman–Crippen MR) is 47.6 cm³/mol. The lowest BCUT2D eigenvalue weighted by molar-refractivity contribution is 0.130. The van der Waals surface area contributed by atoms with Crippen molar-refractivity contribution in [3.63, 3.8) is 0 Å². The van der Waals surface area contributed by atoms with E-state index in [0.29, 0.717) is 5.92 Å². The van der Waals surface area contributed by atoms with Gasteiger partial charge < -0.3 is 5.11 Å². The Kier molecular flexibility index (Phi) is 1.40. The van der Waals surface area contributed by atoms with Gasteiger partial charge in [-0.1, -0.05) is 12.2 Å². The molecule has 66 valence electrons. The molecule has 3 aliphatic rings. The number of hydrogen-bond donors (Lipinski definition) is 1. The monoisotopic (exact) mass is 164 g/mol. The third kappa shape index (κ3) is 1.11. The second-order valence-electron chi connectivity index (χ2n) is 4.79. The number of fused-ring (bicyclic) bond motifs is 2. The van der Waals surface area contributed by atoms with Crippen LogP contribution in [-0.4, -0.2) is 11.2 Å². The number of aliphatic hydroxyl groups is 1. The fourth-order valence-electron chi connectivity index (χ4n) is 2.70. The molecule has 0 aromatic rings. The summed E-state index contributed by atoms with van der Waals surface area (Å²) in [5.74, 6) is 3.15. The molecule has 1 N–H and O–H groups in total. The molecule has 0 spiro atoms. The van der Waals surface area contributed by atoms with Crippen LogP contribution in [-0.2, 0) is 0 Å². The van der Waals surface area contributed by atoms with E-state index in [4.69, 9.17) is 0 Å². The van der Waals surface area contributed by atoms with Crippen molar-refractivity contribution in [3.05, 3.63) is 12.2 Å². The van der Waals surface area contributed by atoms with Crippen molar-refractivity contribution in [2.45, 2.75) is 31.8 Å². The van der Waals surface area contributed by atoms with Crippen LogP contribution in [0.3, 0.4) is 0 Å². The Morgan fingerprint density at radius 2 is 2.00 bits per heavy atom. The molecule has 1 heteroatoms. The Morgan fingerprint density at radius 3 is 2.92 bits per heavy atom. The Morgan fingerprint density at radius 1 is 1.08 bits per heavy atom. The topological polar surface area (TPSA) is 20.2 Å². The van der Waals surface area contributed by atoms with Crippen LogP contribution in [0.2, 0.25) is 0 Å². The normalized spacial score (nSPS) is 58.6. The maximum atomic E-state index is 9.81. The summed E-state index contributed by atoms with van der Waals surface area (Å²) in [6, 6.07) is 0. The number of allylic oxidation sites excluding steroid dienone is 2. The molecule has 0 aromatic carbocycles. The van der Waals surface area contributed by atoms with Crippen LogP contribution < -0.4 is 0 Å². The Labute approximate surface area is 73.5 Å². The first-order chi connectivity index (χ1) is 5.84. The summed E-state index contributed by atoms with van der Waals surface area (Å²) in [4.78, 5) is 0. The SMILES string of the molecule is OC1CC2CC2C/C=C\C2CC12. The van der Waals surface area contributed by atoms with E-state index in [0.717, 1.165) is 24.2 Å². The molecule has 0 aromatic heterocycles. The predicted octanol–water partition coefficient (Wildman–Crippen LogP) is 1.97. The zero-order valence-corrected chi connectivity index (χ0v) is 7.32. The van der Waals surface area contributed by atoms with Crippen molar-refractivity contribution >= 4 is 0 Å². The minimum absolute atomic E-state index is 0.0211. The van der Waals surface area contributed by atoms with Crippen molar-refractivity contribution in [2.75, 3.05) is 0 Å². The van der Waals surface area contributed by atoms with Crippen LogP contribution in [0.1, 0.15) is 25.7 Å². The van der Waals surface area contributed by atoms with Crippen molar-refractivity contribution < 1.29 is 5.11 Å². The van der Waals surface area contributed by atoms with Gasteiger partial charge in [0.15, 0.2) is 0 Å². The Balaban J connectivity index is 1.74. The summed E-state index contributed by atoms with van der Waals surface area (Å²) in [6.45, 7) is 0. The molecule has 0 amide bonds. The first kappa shape index (κ1) is 7.14. The van der Waals surface area contributed by atoms with E-state index >= 15 is 0 Å². The first-order valence-electron chi connectivity index (χ1n) is 5.19. The summed E-state index contributed by atoms with van der Waals surface area (Å²) >= 11 is 0. The van der Waals surface area contributed by atoms with Gasteiger partial charge in [0, 0.05) is 0 Å². The summed E-state index contributed by atoms with van der Waals surface area (Å²) in [6.07, 6.45) is 9.71. The van der Waals surface area contributed by atoms with Crippen LogP contribution in [0.25, 0.3) is 0 Å². The molecule has 0 saturated heterocycles. The molecular weight excluding hydrogens is 148 g/mol. The van der Waals surface area contributed by atoms with E-state index in [1.807, 2.05) is 0 Å². The molecule has 2 fully saturated rings. The van der Waals surface area contributed by atoms with E-state index in [-0.39, 0.29) is 6.10 Å². The van der Waals surface area contributed by atoms with Crippen LogP contribution >= 0.6 is 0 Å². The van der Waals surface area contributed by atoms with Gasteiger partial charge in [0.25, 0.3) is 0 Å². The van der Waals surface area contributed by atoms with Crippen molar-refractivity contribution in [1.29, 1.82) is 0 Å². The van der Waals surface area contributed by atoms with Crippen molar-refractivity contribution in [3.8, 4) is 0 Å². The highest BCUT2D eigenvalue weighted by Crippen LogP contribution is 2.51. The van der Waals surface area contributed by atoms with E-state index in [9.17, 15) is 5.11 Å². The van der Waals surface area contributed by atoms with Crippen LogP contribution in [0.15, 0.2) is 12.2 Å². The fourth-order valence-corrected chi connectivity index (χ4v) is 2.70. The van der Waals surface area contributed by atoms with Crippen molar-refractivity contribution in [1.82, 2.24) is 0 Å². The quantitative estimate of drug-likeness (QED) is 0.543. The van der Waals surface area contributed by atoms with E-state index in [1.165, 1.54) is 19.3 Å². The minimum atomic E-state index is 0.0211. The molecular formula is C11H16O. The summed E-state index contributed by atoms with van der Waals surface area (Å²) in [5, 5.41) is 9.81. The van der Waals surface area contributed by atoms with Crippen LogP contribution in [0, 0.1) is 23.7 Å². The third-order valence-electron chi connectivity index (χ3n) is 3.82. The molecule has 0 bridgehead atoms. The number of aliphatic hydroxyl groups excluding tert-OH is 1. The largest absolute Gasteiger partial charge is 0.393 e. The molecule has 2 saturated carbocycles. The molecule has 0 heterocycles. The molecule has 0 radical (unpaired) electrons. The van der Waals surface area contributed by atoms with Gasteiger partial charge in [-0.15, -0.1) is 0 Å². The van der Waals surface area contributed by atoms with Gasteiger partial charge in [-0.25, -0.2) is 0 Å². The van der Waals surface area contributed by atoms with Gasteiger partial charge in [0.2, 0.25) is 0 Å². The fraction of sp³-hybridized carbons (Fsp3) is 0.818. The zero-order valence-electron chi connectivity index (χ0n) is 7.32. The molecule has 5 unspecified atom stereocenters. The lowest BCUT2D eigenvalue weighted by Gasteiger charge is -2.07. The Bertz CT molecular complexity index is 221. The minimum Gasteiger partial charge on any atom is -0.393 e. The summed E-state index contributed by atoms with van der Waals surface area (Å²) < 4.78 is 0. The second-order valence-corrected chi connectivity index (χ2v) is 4.79. The molecule has 5 atom stereocenters. The number of hydrogen-bond acceptors (Lipinski definition) is 1. The van der Waals surface area contributed by atoms with E-state index in [2.05, 4.69) is 12.2 Å². The zero-order chi connectivity index (χ0) is 8.13. The highest BCUT2D eigenvalue weighted by Gasteiger charge is 2.46. The van der Waals surface area contributed by atoms with Gasteiger partial charge in [-0.05, 0) is 49.4 Å². The van der Waals surface area contributed by atoms with Gasteiger partial charge in [-0.3, -0.25) is 0 Å². The van der Waals surface area contributed by atoms with Gasteiger partial charge in [-0.2, -0.15) is 0 Å². The van der Waals surface area contributed by atoms with Crippen LogP contribution in [0.4, 0.5) is 0 Å². The number of rotatable bonds is 0. The van der Waals surface area contributed by atoms with Gasteiger partial charge >= 0.3 is 0 Å². The third-order valence-corrected chi connectivity index (χ3v) is 3.82. The van der Waals surface area contributed by atoms with Gasteiger partial charge in [0.1, 0.15) is 0 Å². The maximum absolute atomic E-state index is 9.81. The van der Waals surface area contributed by atoms with Crippen LogP contribution in [0.5, 0.6) is 0 Å². The first-order valence-corrected chi connectivity index (χ1v) is 5.19. The second kappa shape index (κ2) is 2.35. The summed E-state index contributed by atoms with van der Waals surface area (Å²) in [5.41, 5.74) is 0. The van der Waals surface area contributed by atoms with E-state index < -0.39 is 0 Å². The summed E-state index contributed by atoms with van der Waals surface area (Å²) in [7, 11) is 0. The Hall–Kier alpha value is -0.300. The standard InChI is InChI=1S/C11H16O/c12-11-6-9-4-7(9)2-1-3-8-5-10(8)11/h1,3,7-12H,2,4-6H2/b3-1-. The molecule has 1 nitrogen and oxygen atoms in total. The molecule has 0 aliphatic heterocycles. The maximum Gasteiger partial charge on any atom is 0.0577 e. The molecule has 12 heavy (non-hydrogen) atoms. The van der Waals surface area contributed by atoms with E-state index in [1.54, 1.807) is 0 Å². The highest BCUT2D eigenvalue weighted by molar-refractivity contribution is 5.09. The smallest absolute Gasteiger partial charge is 0.0577 e. The van der Waals surface area contributed by atoms with Crippen molar-refractivity contribution in [2.24, 2.45) is 23.7 Å². The van der Waals surface area contributed by atoms with Gasteiger partial charge in [0.05, 0.1) is 6.10 Å². The lowest BCUT2D eigenvalue weighted by atomic mass is 10.1. The highest BCUT2D eigenvalue weighted by atomic mass is 16.3. The average Bonchev–Trinajstić information content (AvgIpc) is 2.88.